The molecule has 1 saturated heterocycles. The molecule has 0 bridgehead atoms. The maximum absolute atomic E-state index is 12.4. The Balaban J connectivity index is 1.61. The maximum atomic E-state index is 12.4. The molecule has 0 radical (unpaired) electrons. The molecule has 3 rings (SSSR count). The predicted octanol–water partition coefficient (Wildman–Crippen LogP) is 3.58. The molecule has 0 atom stereocenters. The third kappa shape index (κ3) is 3.06. The van der Waals surface area contributed by atoms with Gasteiger partial charge in [0.1, 0.15) is 0 Å². The first-order valence-corrected chi connectivity index (χ1v) is 8.55. The van der Waals surface area contributed by atoms with Gasteiger partial charge < -0.3 is 9.42 Å². The average molecular weight is 319 g/mol. The smallest absolute Gasteiger partial charge is 0.263 e. The predicted molar refractivity (Wildman–Crippen MR) is 85.3 cm³/mol. The van der Waals surface area contributed by atoms with Gasteiger partial charge in [-0.05, 0) is 31.9 Å². The van der Waals surface area contributed by atoms with E-state index in [0.29, 0.717) is 0 Å². The Labute approximate surface area is 134 Å². The second kappa shape index (κ2) is 6.20. The molecule has 0 unspecified atom stereocenters. The van der Waals surface area contributed by atoms with Crippen molar-refractivity contribution in [3.8, 4) is 0 Å². The summed E-state index contributed by atoms with van der Waals surface area (Å²) in [6, 6.07) is 3.91. The number of likely N-dealkylation sites (tertiary alicyclic amines) is 1. The lowest BCUT2D eigenvalue weighted by Gasteiger charge is -2.30. The summed E-state index contributed by atoms with van der Waals surface area (Å²) in [6.45, 7) is 7.63. The molecule has 22 heavy (non-hydrogen) atoms. The number of rotatable bonds is 3. The zero-order valence-electron chi connectivity index (χ0n) is 13.2. The summed E-state index contributed by atoms with van der Waals surface area (Å²) in [5, 5.41) is 4.03. The van der Waals surface area contributed by atoms with Crippen molar-refractivity contribution in [2.75, 3.05) is 13.1 Å². The SMILES string of the molecule is Cc1ccc(C(=O)N2CCC(c3nc(C(C)C)no3)CC2)s1. The van der Waals surface area contributed by atoms with Crippen molar-refractivity contribution in [2.45, 2.75) is 45.4 Å². The van der Waals surface area contributed by atoms with Crippen LogP contribution >= 0.6 is 11.3 Å². The van der Waals surface area contributed by atoms with Crippen LogP contribution in [-0.4, -0.2) is 34.0 Å². The van der Waals surface area contributed by atoms with Crippen LogP contribution in [0.2, 0.25) is 0 Å². The molecule has 0 spiro atoms. The topological polar surface area (TPSA) is 59.2 Å². The van der Waals surface area contributed by atoms with Gasteiger partial charge in [-0.25, -0.2) is 0 Å². The molecule has 2 aromatic heterocycles. The average Bonchev–Trinajstić information content (AvgIpc) is 3.16. The molecular weight excluding hydrogens is 298 g/mol. The third-order valence-electron chi connectivity index (χ3n) is 4.06. The molecule has 0 saturated carbocycles. The zero-order chi connectivity index (χ0) is 15.7. The van der Waals surface area contributed by atoms with Crippen LogP contribution in [0.1, 0.15) is 64.8 Å². The minimum absolute atomic E-state index is 0.143. The lowest BCUT2D eigenvalue weighted by molar-refractivity contribution is 0.0709. The number of amides is 1. The van der Waals surface area contributed by atoms with Gasteiger partial charge in [-0.3, -0.25) is 4.79 Å². The van der Waals surface area contributed by atoms with E-state index in [2.05, 4.69) is 24.0 Å². The molecule has 118 valence electrons. The molecule has 5 nitrogen and oxygen atoms in total. The molecular formula is C16H21N3O2S. The monoisotopic (exact) mass is 319 g/mol. The van der Waals surface area contributed by atoms with Gasteiger partial charge in [-0.15, -0.1) is 11.3 Å². The Morgan fingerprint density at radius 3 is 2.64 bits per heavy atom. The van der Waals surface area contributed by atoms with Crippen LogP contribution in [0.5, 0.6) is 0 Å². The van der Waals surface area contributed by atoms with E-state index in [-0.39, 0.29) is 17.7 Å². The first kappa shape index (κ1) is 15.2. The first-order chi connectivity index (χ1) is 10.5. The normalized spacial score (nSPS) is 16.5. The second-order valence-electron chi connectivity index (χ2n) is 6.12. The van der Waals surface area contributed by atoms with Crippen LogP contribution in [0, 0.1) is 6.92 Å². The molecule has 1 amide bonds. The summed E-state index contributed by atoms with van der Waals surface area (Å²) < 4.78 is 5.39. The highest BCUT2D eigenvalue weighted by molar-refractivity contribution is 7.13. The molecule has 1 aliphatic rings. The van der Waals surface area contributed by atoms with E-state index < -0.39 is 0 Å². The van der Waals surface area contributed by atoms with Gasteiger partial charge in [0.2, 0.25) is 5.89 Å². The van der Waals surface area contributed by atoms with E-state index in [4.69, 9.17) is 4.52 Å². The standard InChI is InChI=1S/C16H21N3O2S/c1-10(2)14-17-15(21-18-14)12-6-8-19(9-7-12)16(20)13-5-4-11(3)22-13/h4-5,10,12H,6-9H2,1-3H3. The fraction of sp³-hybridized carbons (Fsp3) is 0.562. The number of piperidine rings is 1. The van der Waals surface area contributed by atoms with E-state index >= 15 is 0 Å². The van der Waals surface area contributed by atoms with Gasteiger partial charge in [0.05, 0.1) is 4.88 Å². The van der Waals surface area contributed by atoms with E-state index in [1.165, 1.54) is 4.88 Å². The second-order valence-corrected chi connectivity index (χ2v) is 7.41. The highest BCUT2D eigenvalue weighted by Gasteiger charge is 2.28. The van der Waals surface area contributed by atoms with Crippen molar-refractivity contribution in [1.82, 2.24) is 15.0 Å². The van der Waals surface area contributed by atoms with Crippen LogP contribution < -0.4 is 0 Å². The van der Waals surface area contributed by atoms with Gasteiger partial charge in [0.15, 0.2) is 5.82 Å². The summed E-state index contributed by atoms with van der Waals surface area (Å²) in [4.78, 5) is 20.9. The number of carbonyl (C=O) groups is 1. The first-order valence-electron chi connectivity index (χ1n) is 7.74. The van der Waals surface area contributed by atoms with Crippen LogP contribution in [0.15, 0.2) is 16.7 Å². The molecule has 6 heteroatoms. The van der Waals surface area contributed by atoms with Crippen molar-refractivity contribution < 1.29 is 9.32 Å². The summed E-state index contributed by atoms with van der Waals surface area (Å²) in [6.07, 6.45) is 1.77. The Morgan fingerprint density at radius 1 is 1.36 bits per heavy atom. The van der Waals surface area contributed by atoms with E-state index in [0.717, 1.165) is 42.5 Å². The largest absolute Gasteiger partial charge is 0.339 e. The maximum Gasteiger partial charge on any atom is 0.263 e. The van der Waals surface area contributed by atoms with Crippen molar-refractivity contribution in [1.29, 1.82) is 0 Å². The number of nitrogens with zero attached hydrogens (tertiary/aromatic N) is 3. The fourth-order valence-electron chi connectivity index (χ4n) is 2.68. The van der Waals surface area contributed by atoms with Gasteiger partial charge in [-0.2, -0.15) is 4.98 Å². The quantitative estimate of drug-likeness (QED) is 0.867. The molecule has 2 aromatic rings. The minimum atomic E-state index is 0.143. The third-order valence-corrected chi connectivity index (χ3v) is 5.05. The van der Waals surface area contributed by atoms with E-state index in [9.17, 15) is 4.79 Å². The molecule has 0 aliphatic carbocycles. The van der Waals surface area contributed by atoms with Gasteiger partial charge >= 0.3 is 0 Å². The van der Waals surface area contributed by atoms with Gasteiger partial charge in [-0.1, -0.05) is 19.0 Å². The van der Waals surface area contributed by atoms with Gasteiger partial charge in [0.25, 0.3) is 5.91 Å². The summed E-state index contributed by atoms with van der Waals surface area (Å²) >= 11 is 1.56. The number of thiophene rings is 1. The number of aryl methyl sites for hydroxylation is 1. The summed E-state index contributed by atoms with van der Waals surface area (Å²) in [5.74, 6) is 2.19. The van der Waals surface area contributed by atoms with E-state index in [1.54, 1.807) is 11.3 Å². The van der Waals surface area contributed by atoms with Crippen molar-refractivity contribution in [2.24, 2.45) is 0 Å². The lowest BCUT2D eigenvalue weighted by atomic mass is 9.96. The number of hydrogen-bond donors (Lipinski definition) is 0. The highest BCUT2D eigenvalue weighted by Crippen LogP contribution is 2.29. The lowest BCUT2D eigenvalue weighted by Crippen LogP contribution is -2.37. The van der Waals surface area contributed by atoms with Crippen molar-refractivity contribution >= 4 is 17.2 Å². The molecule has 3 heterocycles. The Hall–Kier alpha value is -1.69. The minimum Gasteiger partial charge on any atom is -0.339 e. The molecule has 1 aliphatic heterocycles. The Bertz CT molecular complexity index is 654. The van der Waals surface area contributed by atoms with E-state index in [1.807, 2.05) is 24.0 Å². The fourth-order valence-corrected chi connectivity index (χ4v) is 3.52. The van der Waals surface area contributed by atoms with Crippen LogP contribution in [-0.2, 0) is 0 Å². The zero-order valence-corrected chi connectivity index (χ0v) is 14.0. The number of hydrogen-bond acceptors (Lipinski definition) is 5. The summed E-state index contributed by atoms with van der Waals surface area (Å²) in [7, 11) is 0. The van der Waals surface area contributed by atoms with Crippen LogP contribution in [0.25, 0.3) is 0 Å². The van der Waals surface area contributed by atoms with Crippen LogP contribution in [0.3, 0.4) is 0 Å². The van der Waals surface area contributed by atoms with Crippen LogP contribution in [0.4, 0.5) is 0 Å². The summed E-state index contributed by atoms with van der Waals surface area (Å²) in [5.41, 5.74) is 0. The number of aromatic nitrogens is 2. The Kier molecular flexibility index (Phi) is 4.29. The number of carbonyl (C=O) groups excluding carboxylic acids is 1. The van der Waals surface area contributed by atoms with Crippen molar-refractivity contribution in [3.05, 3.63) is 33.6 Å². The highest BCUT2D eigenvalue weighted by atomic mass is 32.1. The molecule has 0 N–H and O–H groups in total. The molecule has 0 aromatic carbocycles. The Morgan fingerprint density at radius 2 is 2.09 bits per heavy atom. The van der Waals surface area contributed by atoms with Gasteiger partial charge in [0, 0.05) is 29.8 Å². The van der Waals surface area contributed by atoms with Crippen molar-refractivity contribution in [3.63, 3.8) is 0 Å². The molecule has 1 fully saturated rings.